The van der Waals surface area contributed by atoms with E-state index in [1.165, 1.54) is 36.4 Å². The molecule has 148 valence electrons. The fourth-order valence-corrected chi connectivity index (χ4v) is 4.61. The molecule has 29 heavy (non-hydrogen) atoms. The number of amides is 1. The van der Waals surface area contributed by atoms with Crippen LogP contribution in [0.25, 0.3) is 0 Å². The van der Waals surface area contributed by atoms with Crippen molar-refractivity contribution in [2.75, 3.05) is 5.32 Å². The standard InChI is InChI=1S/C21H18N2O5S/c1-14-11-12-17(15(2)13-14)22-21(24)16-7-3-5-9-19(16)29(27,28)20-10-6-4-8-18(20)23(25)26/h3-13H,1-2H3,(H,22,24). The Balaban J connectivity index is 2.07. The summed E-state index contributed by atoms with van der Waals surface area (Å²) >= 11 is 0. The third-order valence-corrected chi connectivity index (χ3v) is 6.26. The van der Waals surface area contributed by atoms with Gasteiger partial charge in [0, 0.05) is 11.8 Å². The van der Waals surface area contributed by atoms with E-state index in [0.29, 0.717) is 5.69 Å². The lowest BCUT2D eigenvalue weighted by Crippen LogP contribution is -2.17. The van der Waals surface area contributed by atoms with E-state index in [2.05, 4.69) is 5.32 Å². The number of sulfone groups is 1. The highest BCUT2D eigenvalue weighted by Crippen LogP contribution is 2.31. The summed E-state index contributed by atoms with van der Waals surface area (Å²) in [4.78, 5) is 22.6. The molecule has 0 atom stereocenters. The van der Waals surface area contributed by atoms with Crippen LogP contribution in [-0.2, 0) is 9.84 Å². The van der Waals surface area contributed by atoms with Crippen molar-refractivity contribution in [2.24, 2.45) is 0 Å². The molecule has 0 heterocycles. The molecule has 1 N–H and O–H groups in total. The normalized spacial score (nSPS) is 11.1. The third-order valence-electron chi connectivity index (χ3n) is 4.40. The molecule has 0 spiro atoms. The maximum Gasteiger partial charge on any atom is 0.288 e. The van der Waals surface area contributed by atoms with Gasteiger partial charge in [-0.15, -0.1) is 0 Å². The number of benzene rings is 3. The number of carbonyl (C=O) groups is 1. The van der Waals surface area contributed by atoms with Crippen LogP contribution in [0.3, 0.4) is 0 Å². The number of hydrogen-bond donors (Lipinski definition) is 1. The van der Waals surface area contributed by atoms with Crippen molar-refractivity contribution < 1.29 is 18.1 Å². The second-order valence-electron chi connectivity index (χ2n) is 6.50. The van der Waals surface area contributed by atoms with Crippen LogP contribution in [0.1, 0.15) is 21.5 Å². The summed E-state index contributed by atoms with van der Waals surface area (Å²) in [5, 5.41) is 14.0. The minimum Gasteiger partial charge on any atom is -0.322 e. The molecule has 0 aliphatic rings. The zero-order chi connectivity index (χ0) is 21.2. The van der Waals surface area contributed by atoms with Gasteiger partial charge < -0.3 is 5.32 Å². The van der Waals surface area contributed by atoms with Crippen LogP contribution in [0.4, 0.5) is 11.4 Å². The Kier molecular flexibility index (Phi) is 5.47. The molecule has 0 saturated heterocycles. The van der Waals surface area contributed by atoms with Crippen LogP contribution in [0.2, 0.25) is 0 Å². The van der Waals surface area contributed by atoms with Gasteiger partial charge >= 0.3 is 0 Å². The van der Waals surface area contributed by atoms with Gasteiger partial charge in [0.05, 0.1) is 15.4 Å². The van der Waals surface area contributed by atoms with Crippen LogP contribution >= 0.6 is 0 Å². The molecule has 1 amide bonds. The highest BCUT2D eigenvalue weighted by atomic mass is 32.2. The van der Waals surface area contributed by atoms with Gasteiger partial charge in [-0.25, -0.2) is 8.42 Å². The Bertz CT molecular complexity index is 1220. The number of carbonyl (C=O) groups excluding carboxylic acids is 1. The first-order valence-electron chi connectivity index (χ1n) is 8.68. The molecule has 3 aromatic carbocycles. The van der Waals surface area contributed by atoms with E-state index in [1.54, 1.807) is 6.07 Å². The van der Waals surface area contributed by atoms with Gasteiger partial charge in [0.1, 0.15) is 4.90 Å². The number of hydrogen-bond acceptors (Lipinski definition) is 5. The van der Waals surface area contributed by atoms with E-state index in [1.807, 2.05) is 26.0 Å². The van der Waals surface area contributed by atoms with E-state index in [-0.39, 0.29) is 10.5 Å². The predicted octanol–water partition coefficient (Wildman–Crippen LogP) is 4.30. The van der Waals surface area contributed by atoms with Gasteiger partial charge in [-0.05, 0) is 43.7 Å². The first-order chi connectivity index (χ1) is 13.7. The highest BCUT2D eigenvalue weighted by Gasteiger charge is 2.30. The number of aryl methyl sites for hydroxylation is 2. The number of nitro benzene ring substituents is 1. The molecule has 0 bridgehead atoms. The summed E-state index contributed by atoms with van der Waals surface area (Å²) in [6.45, 7) is 3.76. The van der Waals surface area contributed by atoms with Crippen LogP contribution < -0.4 is 5.32 Å². The van der Waals surface area contributed by atoms with Gasteiger partial charge in [-0.1, -0.05) is 42.0 Å². The predicted molar refractivity (Wildman–Crippen MR) is 109 cm³/mol. The van der Waals surface area contributed by atoms with Crippen molar-refractivity contribution >= 4 is 27.1 Å². The van der Waals surface area contributed by atoms with Gasteiger partial charge in [0.15, 0.2) is 0 Å². The number of para-hydroxylation sites is 1. The molecule has 3 aromatic rings. The molecule has 7 nitrogen and oxygen atoms in total. The van der Waals surface area contributed by atoms with Crippen molar-refractivity contribution in [1.82, 2.24) is 0 Å². The average Bonchev–Trinajstić information content (AvgIpc) is 2.70. The van der Waals surface area contributed by atoms with Crippen LogP contribution in [0, 0.1) is 24.0 Å². The Hall–Kier alpha value is -3.52. The second kappa shape index (κ2) is 7.84. The lowest BCUT2D eigenvalue weighted by Gasteiger charge is -2.13. The summed E-state index contributed by atoms with van der Waals surface area (Å²) in [5.74, 6) is -0.616. The number of anilines is 1. The quantitative estimate of drug-likeness (QED) is 0.499. The molecule has 0 saturated carbocycles. The third kappa shape index (κ3) is 4.02. The Morgan fingerprint density at radius 1 is 0.931 bits per heavy atom. The molecule has 0 aliphatic carbocycles. The Morgan fingerprint density at radius 2 is 1.55 bits per heavy atom. The fourth-order valence-electron chi connectivity index (χ4n) is 2.99. The maximum absolute atomic E-state index is 13.2. The minimum atomic E-state index is -4.30. The average molecular weight is 410 g/mol. The van der Waals surface area contributed by atoms with E-state index in [9.17, 15) is 23.3 Å². The summed E-state index contributed by atoms with van der Waals surface area (Å²) in [7, 11) is -4.30. The highest BCUT2D eigenvalue weighted by molar-refractivity contribution is 7.91. The molecular weight excluding hydrogens is 392 g/mol. The molecule has 8 heteroatoms. The SMILES string of the molecule is Cc1ccc(NC(=O)c2ccccc2S(=O)(=O)c2ccccc2[N+](=O)[O-])c(C)c1. The molecule has 0 aromatic heterocycles. The first-order valence-corrected chi connectivity index (χ1v) is 10.2. The van der Waals surface area contributed by atoms with Crippen molar-refractivity contribution in [3.05, 3.63) is 93.5 Å². The van der Waals surface area contributed by atoms with E-state index in [0.717, 1.165) is 23.3 Å². The van der Waals surface area contributed by atoms with E-state index < -0.39 is 31.3 Å². The van der Waals surface area contributed by atoms with Gasteiger partial charge in [-0.2, -0.15) is 0 Å². The lowest BCUT2D eigenvalue weighted by atomic mass is 10.1. The van der Waals surface area contributed by atoms with E-state index >= 15 is 0 Å². The lowest BCUT2D eigenvalue weighted by molar-refractivity contribution is -0.387. The summed E-state index contributed by atoms with van der Waals surface area (Å²) in [5.41, 5.74) is 1.78. The zero-order valence-electron chi connectivity index (χ0n) is 15.7. The molecule has 0 fully saturated rings. The second-order valence-corrected chi connectivity index (χ2v) is 8.38. The zero-order valence-corrected chi connectivity index (χ0v) is 16.6. The van der Waals surface area contributed by atoms with Crippen molar-refractivity contribution in [3.8, 4) is 0 Å². The van der Waals surface area contributed by atoms with E-state index in [4.69, 9.17) is 0 Å². The molecule has 3 rings (SSSR count). The van der Waals surface area contributed by atoms with Crippen molar-refractivity contribution in [1.29, 1.82) is 0 Å². The molecular formula is C21H18N2O5S. The first kappa shape index (κ1) is 20.2. The van der Waals surface area contributed by atoms with Crippen molar-refractivity contribution in [3.63, 3.8) is 0 Å². The summed E-state index contributed by atoms with van der Waals surface area (Å²) in [6.07, 6.45) is 0. The minimum absolute atomic E-state index is 0.0920. The largest absolute Gasteiger partial charge is 0.322 e. The Labute approximate surface area is 168 Å². The van der Waals surface area contributed by atoms with Gasteiger partial charge in [-0.3, -0.25) is 14.9 Å². The Morgan fingerprint density at radius 3 is 2.21 bits per heavy atom. The number of rotatable bonds is 5. The van der Waals surface area contributed by atoms with Gasteiger partial charge in [0.2, 0.25) is 9.84 Å². The van der Waals surface area contributed by atoms with Crippen LogP contribution in [0.5, 0.6) is 0 Å². The van der Waals surface area contributed by atoms with Crippen LogP contribution in [-0.4, -0.2) is 19.2 Å². The van der Waals surface area contributed by atoms with Crippen LogP contribution in [0.15, 0.2) is 76.5 Å². The maximum atomic E-state index is 13.2. The number of nitrogens with zero attached hydrogens (tertiary/aromatic N) is 1. The summed E-state index contributed by atoms with van der Waals surface area (Å²) < 4.78 is 26.3. The van der Waals surface area contributed by atoms with Crippen molar-refractivity contribution in [2.45, 2.75) is 23.6 Å². The number of nitro groups is 1. The van der Waals surface area contributed by atoms with Gasteiger partial charge in [0.25, 0.3) is 11.6 Å². The topological polar surface area (TPSA) is 106 Å². The summed E-state index contributed by atoms with van der Waals surface area (Å²) in [6, 6.07) is 16.2. The number of nitrogens with one attached hydrogen (secondary N) is 1. The fraction of sp³-hybridized carbons (Fsp3) is 0.0952. The molecule has 0 aliphatic heterocycles. The molecule has 0 unspecified atom stereocenters. The molecule has 0 radical (unpaired) electrons. The smallest absolute Gasteiger partial charge is 0.288 e. The monoisotopic (exact) mass is 410 g/mol.